The van der Waals surface area contributed by atoms with Crippen molar-refractivity contribution in [2.45, 2.75) is 6.92 Å². The second kappa shape index (κ2) is 5.01. The molecule has 5 nitrogen and oxygen atoms in total. The predicted octanol–water partition coefficient (Wildman–Crippen LogP) is 2.66. The van der Waals surface area contributed by atoms with Gasteiger partial charge in [-0.05, 0) is 25.1 Å². The highest BCUT2D eigenvalue weighted by Gasteiger charge is 2.18. The number of amides is 2. The van der Waals surface area contributed by atoms with E-state index in [1.54, 1.807) is 37.3 Å². The molecule has 0 unspecified atom stereocenters. The summed E-state index contributed by atoms with van der Waals surface area (Å²) < 4.78 is 0. The van der Waals surface area contributed by atoms with Crippen LogP contribution in [0.25, 0.3) is 0 Å². The topological polar surface area (TPSA) is 72.1 Å². The molecule has 2 rings (SSSR count). The van der Waals surface area contributed by atoms with E-state index in [4.69, 9.17) is 17.3 Å². The summed E-state index contributed by atoms with van der Waals surface area (Å²) in [5.74, 6) is 0.165. The average Bonchev–Trinajstić information content (AvgIpc) is 2.28. The van der Waals surface area contributed by atoms with Crippen molar-refractivity contribution in [2.24, 2.45) is 5.73 Å². The molecule has 0 saturated heterocycles. The molecule has 0 aliphatic carbocycles. The van der Waals surface area contributed by atoms with Crippen molar-refractivity contribution in [2.75, 3.05) is 4.90 Å². The monoisotopic (exact) mass is 262 g/mol. The number of anilines is 2. The SMILES string of the molecule is Cc1cc(Cl)nc(N(C(N)=O)c2ccccc2)n1. The van der Waals surface area contributed by atoms with Gasteiger partial charge in [0.15, 0.2) is 0 Å². The smallest absolute Gasteiger partial charge is 0.326 e. The van der Waals surface area contributed by atoms with Crippen LogP contribution in [0, 0.1) is 6.92 Å². The van der Waals surface area contributed by atoms with E-state index in [-0.39, 0.29) is 11.1 Å². The molecule has 0 aliphatic heterocycles. The van der Waals surface area contributed by atoms with Gasteiger partial charge in [-0.2, -0.15) is 0 Å². The van der Waals surface area contributed by atoms with Crippen LogP contribution >= 0.6 is 11.6 Å². The number of carbonyl (C=O) groups excluding carboxylic acids is 1. The summed E-state index contributed by atoms with van der Waals surface area (Å²) in [7, 11) is 0. The van der Waals surface area contributed by atoms with Gasteiger partial charge in [-0.15, -0.1) is 0 Å². The summed E-state index contributed by atoms with van der Waals surface area (Å²) in [4.78, 5) is 20.9. The molecule has 1 aromatic carbocycles. The number of benzene rings is 1. The molecule has 0 aliphatic rings. The number of primary amides is 1. The first-order chi connectivity index (χ1) is 8.58. The Balaban J connectivity index is 2.52. The van der Waals surface area contributed by atoms with Gasteiger partial charge in [-0.3, -0.25) is 0 Å². The molecule has 0 bridgehead atoms. The number of para-hydroxylation sites is 1. The largest absolute Gasteiger partial charge is 0.351 e. The number of hydrogen-bond donors (Lipinski definition) is 1. The number of aryl methyl sites for hydroxylation is 1. The molecular formula is C12H11ClN4O. The van der Waals surface area contributed by atoms with Crippen LogP contribution in [0.2, 0.25) is 5.15 Å². The van der Waals surface area contributed by atoms with Crippen molar-refractivity contribution in [1.82, 2.24) is 9.97 Å². The van der Waals surface area contributed by atoms with E-state index in [2.05, 4.69) is 9.97 Å². The normalized spacial score (nSPS) is 10.1. The van der Waals surface area contributed by atoms with Crippen LogP contribution in [0.3, 0.4) is 0 Å². The number of halogens is 1. The number of hydrogen-bond acceptors (Lipinski definition) is 3. The third-order valence-corrected chi connectivity index (χ3v) is 2.44. The molecule has 2 amide bonds. The maximum Gasteiger partial charge on any atom is 0.326 e. The molecule has 1 aromatic heterocycles. The van der Waals surface area contributed by atoms with E-state index >= 15 is 0 Å². The Hall–Kier alpha value is -2.14. The summed E-state index contributed by atoms with van der Waals surface area (Å²) in [6, 6.07) is 9.85. The van der Waals surface area contributed by atoms with Crippen LogP contribution in [0.5, 0.6) is 0 Å². The molecule has 92 valence electrons. The highest BCUT2D eigenvalue weighted by atomic mass is 35.5. The second-order valence-corrected chi connectivity index (χ2v) is 4.03. The van der Waals surface area contributed by atoms with E-state index in [1.807, 2.05) is 6.07 Å². The van der Waals surface area contributed by atoms with Gasteiger partial charge in [0.2, 0.25) is 5.95 Å². The van der Waals surface area contributed by atoms with Crippen molar-refractivity contribution in [3.05, 3.63) is 47.2 Å². The van der Waals surface area contributed by atoms with Gasteiger partial charge in [-0.1, -0.05) is 29.8 Å². The minimum atomic E-state index is -0.664. The Morgan fingerprint density at radius 3 is 2.50 bits per heavy atom. The van der Waals surface area contributed by atoms with Crippen molar-refractivity contribution >= 4 is 29.3 Å². The zero-order valence-corrected chi connectivity index (χ0v) is 10.4. The lowest BCUT2D eigenvalue weighted by molar-refractivity contribution is 0.256. The zero-order valence-electron chi connectivity index (χ0n) is 9.67. The standard InChI is InChI=1S/C12H11ClN4O/c1-8-7-10(13)16-12(15-8)17(11(14)18)9-5-3-2-4-6-9/h2-7H,1H3,(H2,14,18). The van der Waals surface area contributed by atoms with Gasteiger partial charge >= 0.3 is 6.03 Å². The molecule has 0 fully saturated rings. The Kier molecular flexibility index (Phi) is 3.43. The third-order valence-electron chi connectivity index (χ3n) is 2.25. The summed E-state index contributed by atoms with van der Waals surface area (Å²) in [5.41, 5.74) is 6.61. The number of rotatable bonds is 2. The van der Waals surface area contributed by atoms with Crippen LogP contribution in [0.4, 0.5) is 16.4 Å². The van der Waals surface area contributed by atoms with Gasteiger partial charge in [0.05, 0.1) is 5.69 Å². The third kappa shape index (κ3) is 2.57. The minimum Gasteiger partial charge on any atom is -0.351 e. The summed E-state index contributed by atoms with van der Waals surface area (Å²) in [6.07, 6.45) is 0. The van der Waals surface area contributed by atoms with Crippen molar-refractivity contribution in [3.8, 4) is 0 Å². The lowest BCUT2D eigenvalue weighted by atomic mass is 10.3. The van der Waals surface area contributed by atoms with Crippen LogP contribution in [-0.2, 0) is 0 Å². The van der Waals surface area contributed by atoms with E-state index in [9.17, 15) is 4.79 Å². The first-order valence-electron chi connectivity index (χ1n) is 5.24. The highest BCUT2D eigenvalue weighted by Crippen LogP contribution is 2.23. The number of nitrogens with zero attached hydrogens (tertiary/aromatic N) is 3. The molecule has 6 heteroatoms. The van der Waals surface area contributed by atoms with Gasteiger partial charge in [0.25, 0.3) is 0 Å². The molecule has 0 spiro atoms. The lowest BCUT2D eigenvalue weighted by Gasteiger charge is -2.18. The fourth-order valence-electron chi connectivity index (χ4n) is 1.53. The van der Waals surface area contributed by atoms with E-state index < -0.39 is 6.03 Å². The van der Waals surface area contributed by atoms with Gasteiger partial charge in [0, 0.05) is 5.69 Å². The summed E-state index contributed by atoms with van der Waals surface area (Å²) in [5, 5.41) is 0.264. The fourth-order valence-corrected chi connectivity index (χ4v) is 1.77. The molecule has 18 heavy (non-hydrogen) atoms. The quantitative estimate of drug-likeness (QED) is 0.846. The maximum atomic E-state index is 11.5. The fraction of sp³-hybridized carbons (Fsp3) is 0.0833. The lowest BCUT2D eigenvalue weighted by Crippen LogP contribution is -2.32. The molecule has 0 saturated carbocycles. The highest BCUT2D eigenvalue weighted by molar-refractivity contribution is 6.29. The molecule has 1 heterocycles. The summed E-state index contributed by atoms with van der Waals surface area (Å²) >= 11 is 5.86. The van der Waals surface area contributed by atoms with Gasteiger partial charge in [-0.25, -0.2) is 19.7 Å². The maximum absolute atomic E-state index is 11.5. The summed E-state index contributed by atoms with van der Waals surface area (Å²) in [6.45, 7) is 1.77. The molecular weight excluding hydrogens is 252 g/mol. The molecule has 0 atom stereocenters. The number of carbonyl (C=O) groups is 1. The predicted molar refractivity (Wildman–Crippen MR) is 69.9 cm³/mol. The number of aromatic nitrogens is 2. The number of urea groups is 1. The Morgan fingerprint density at radius 1 is 1.28 bits per heavy atom. The van der Waals surface area contributed by atoms with Crippen LogP contribution in [0.1, 0.15) is 5.69 Å². The van der Waals surface area contributed by atoms with Gasteiger partial charge < -0.3 is 5.73 Å². The van der Waals surface area contributed by atoms with Crippen molar-refractivity contribution in [3.63, 3.8) is 0 Å². The van der Waals surface area contributed by atoms with E-state index in [1.165, 1.54) is 4.90 Å². The minimum absolute atomic E-state index is 0.165. The number of nitrogens with two attached hydrogens (primary N) is 1. The molecule has 0 radical (unpaired) electrons. The molecule has 2 N–H and O–H groups in total. The van der Waals surface area contributed by atoms with Crippen molar-refractivity contribution in [1.29, 1.82) is 0 Å². The second-order valence-electron chi connectivity index (χ2n) is 3.64. The Morgan fingerprint density at radius 2 is 1.94 bits per heavy atom. The van der Waals surface area contributed by atoms with E-state index in [0.29, 0.717) is 11.4 Å². The molecule has 2 aromatic rings. The van der Waals surface area contributed by atoms with Crippen LogP contribution in [-0.4, -0.2) is 16.0 Å². The van der Waals surface area contributed by atoms with Crippen LogP contribution in [0.15, 0.2) is 36.4 Å². The zero-order chi connectivity index (χ0) is 13.1. The first kappa shape index (κ1) is 12.3. The van der Waals surface area contributed by atoms with E-state index in [0.717, 1.165) is 0 Å². The van der Waals surface area contributed by atoms with Gasteiger partial charge in [0.1, 0.15) is 5.15 Å². The first-order valence-corrected chi connectivity index (χ1v) is 5.61. The average molecular weight is 263 g/mol. The Labute approximate surface area is 109 Å². The Bertz CT molecular complexity index is 553. The van der Waals surface area contributed by atoms with Crippen LogP contribution < -0.4 is 10.6 Å². The van der Waals surface area contributed by atoms with Crippen molar-refractivity contribution < 1.29 is 4.79 Å².